The zero-order chi connectivity index (χ0) is 14.4. The number of nitrogens with two attached hydrogens (primary N) is 1. The lowest BCUT2D eigenvalue weighted by Crippen LogP contribution is -2.36. The van der Waals surface area contributed by atoms with E-state index < -0.39 is 6.61 Å². The fourth-order valence-corrected chi connectivity index (χ4v) is 1.61. The number of rotatable bonds is 6. The molecule has 1 aromatic rings. The molecule has 6 nitrogen and oxygen atoms in total. The summed E-state index contributed by atoms with van der Waals surface area (Å²) < 4.78 is 5.17. The highest BCUT2D eigenvalue weighted by molar-refractivity contribution is 5.76. The zero-order valence-electron chi connectivity index (χ0n) is 11.6. The Bertz CT molecular complexity index is 437. The lowest BCUT2D eigenvalue weighted by molar-refractivity contribution is -0.132. The van der Waals surface area contributed by atoms with Gasteiger partial charge in [0.15, 0.2) is 0 Å². The summed E-state index contributed by atoms with van der Waals surface area (Å²) in [6, 6.07) is 5.53. The maximum absolute atomic E-state index is 11.2. The fourth-order valence-electron chi connectivity index (χ4n) is 1.61. The van der Waals surface area contributed by atoms with Crippen LogP contribution in [-0.2, 0) is 4.79 Å². The van der Waals surface area contributed by atoms with Gasteiger partial charge in [0.1, 0.15) is 12.4 Å². The molecule has 0 saturated heterocycles. The topological polar surface area (TPSA) is 79.0 Å². The van der Waals surface area contributed by atoms with Gasteiger partial charge in [0.25, 0.3) is 0 Å². The lowest BCUT2D eigenvalue weighted by Gasteiger charge is -2.24. The molecule has 1 aromatic carbocycles. The van der Waals surface area contributed by atoms with Crippen molar-refractivity contribution in [3.05, 3.63) is 18.2 Å². The number of aliphatic hydroxyl groups is 1. The van der Waals surface area contributed by atoms with Crippen molar-refractivity contribution in [2.24, 2.45) is 0 Å². The summed E-state index contributed by atoms with van der Waals surface area (Å²) in [7, 11) is 5.15. The molecule has 0 fully saturated rings. The Morgan fingerprint density at radius 3 is 2.63 bits per heavy atom. The Morgan fingerprint density at radius 2 is 2.05 bits per heavy atom. The number of hydrogen-bond donors (Lipinski definition) is 2. The van der Waals surface area contributed by atoms with E-state index >= 15 is 0 Å². The molecule has 0 radical (unpaired) electrons. The van der Waals surface area contributed by atoms with Gasteiger partial charge in [-0.2, -0.15) is 0 Å². The minimum atomic E-state index is -0.462. The number of carbonyl (C=O) groups excluding carboxylic acids is 1. The molecule has 0 unspecified atom stereocenters. The second kappa shape index (κ2) is 6.84. The Balaban J connectivity index is 2.63. The molecule has 0 aliphatic heterocycles. The number of aliphatic hydroxyl groups excluding tert-OH is 1. The second-order valence-corrected chi connectivity index (χ2v) is 4.32. The van der Waals surface area contributed by atoms with E-state index in [9.17, 15) is 4.79 Å². The summed E-state index contributed by atoms with van der Waals surface area (Å²) in [6.07, 6.45) is 0. The average molecular weight is 267 g/mol. The average Bonchev–Trinajstić information content (AvgIpc) is 2.43. The predicted octanol–water partition coefficient (Wildman–Crippen LogP) is 0.164. The molecular formula is C13H21N3O3. The summed E-state index contributed by atoms with van der Waals surface area (Å²) in [5.74, 6) is 0.340. The van der Waals surface area contributed by atoms with Gasteiger partial charge in [-0.25, -0.2) is 0 Å². The van der Waals surface area contributed by atoms with Gasteiger partial charge in [-0.05, 0) is 12.1 Å². The normalized spacial score (nSPS) is 10.1. The minimum absolute atomic E-state index is 0.289. The van der Waals surface area contributed by atoms with Crippen LogP contribution in [0, 0.1) is 0 Å². The van der Waals surface area contributed by atoms with E-state index in [1.165, 1.54) is 4.90 Å². The summed E-state index contributed by atoms with van der Waals surface area (Å²) >= 11 is 0. The molecule has 0 aliphatic carbocycles. The number of nitrogens with zero attached hydrogens (tertiary/aromatic N) is 2. The molecule has 106 valence electrons. The standard InChI is InChI=1S/C13H21N3O3/c1-15(6-7-16(2)13(18)9-17)10-4-5-11(14)12(8-10)19-3/h4-5,8,17H,6-7,9,14H2,1-3H3. The molecular weight excluding hydrogens is 246 g/mol. The van der Waals surface area contributed by atoms with E-state index in [2.05, 4.69) is 0 Å². The number of methoxy groups -OCH3 is 1. The number of hydrogen-bond acceptors (Lipinski definition) is 5. The number of carbonyl (C=O) groups is 1. The molecule has 1 rings (SSSR count). The Hall–Kier alpha value is -1.95. The Morgan fingerprint density at radius 1 is 1.37 bits per heavy atom. The van der Waals surface area contributed by atoms with E-state index in [0.717, 1.165) is 5.69 Å². The van der Waals surface area contributed by atoms with Crippen molar-refractivity contribution in [3.8, 4) is 5.75 Å². The first-order valence-electron chi connectivity index (χ1n) is 5.99. The number of anilines is 2. The van der Waals surface area contributed by atoms with Crippen LogP contribution in [0.3, 0.4) is 0 Å². The largest absolute Gasteiger partial charge is 0.495 e. The summed E-state index contributed by atoms with van der Waals surface area (Å²) in [4.78, 5) is 14.7. The van der Waals surface area contributed by atoms with E-state index in [0.29, 0.717) is 24.5 Å². The number of likely N-dealkylation sites (N-methyl/N-ethyl adjacent to an activating group) is 2. The van der Waals surface area contributed by atoms with Crippen molar-refractivity contribution in [2.45, 2.75) is 0 Å². The van der Waals surface area contributed by atoms with Crippen LogP contribution < -0.4 is 15.4 Å². The highest BCUT2D eigenvalue weighted by Gasteiger charge is 2.09. The third-order valence-corrected chi connectivity index (χ3v) is 2.99. The van der Waals surface area contributed by atoms with Gasteiger partial charge in [0.2, 0.25) is 5.91 Å². The lowest BCUT2D eigenvalue weighted by atomic mass is 10.2. The van der Waals surface area contributed by atoms with Crippen molar-refractivity contribution in [2.75, 3.05) is 51.5 Å². The van der Waals surface area contributed by atoms with E-state index in [-0.39, 0.29) is 5.91 Å². The van der Waals surface area contributed by atoms with E-state index in [1.54, 1.807) is 20.2 Å². The fraction of sp³-hybridized carbons (Fsp3) is 0.462. The van der Waals surface area contributed by atoms with Gasteiger partial charge in [-0.3, -0.25) is 4.79 Å². The highest BCUT2D eigenvalue weighted by Crippen LogP contribution is 2.26. The monoisotopic (exact) mass is 267 g/mol. The number of ether oxygens (including phenoxy) is 1. The third kappa shape index (κ3) is 4.03. The van der Waals surface area contributed by atoms with Gasteiger partial charge in [-0.15, -0.1) is 0 Å². The molecule has 0 aliphatic rings. The SMILES string of the molecule is COc1cc(N(C)CCN(C)C(=O)CO)ccc1N. The molecule has 0 saturated carbocycles. The highest BCUT2D eigenvalue weighted by atomic mass is 16.5. The molecule has 19 heavy (non-hydrogen) atoms. The van der Waals surface area contributed by atoms with Crippen molar-refractivity contribution in [1.29, 1.82) is 0 Å². The van der Waals surface area contributed by atoms with Gasteiger partial charge in [-0.1, -0.05) is 0 Å². The molecule has 0 spiro atoms. The van der Waals surface area contributed by atoms with Crippen LogP contribution in [0.15, 0.2) is 18.2 Å². The van der Waals surface area contributed by atoms with Crippen LogP contribution in [0.4, 0.5) is 11.4 Å². The maximum Gasteiger partial charge on any atom is 0.248 e. The van der Waals surface area contributed by atoms with Crippen LogP contribution >= 0.6 is 0 Å². The van der Waals surface area contributed by atoms with Crippen LogP contribution in [0.5, 0.6) is 5.75 Å². The Kier molecular flexibility index (Phi) is 5.44. The minimum Gasteiger partial charge on any atom is -0.495 e. The van der Waals surface area contributed by atoms with Crippen molar-refractivity contribution in [1.82, 2.24) is 4.90 Å². The predicted molar refractivity (Wildman–Crippen MR) is 75.4 cm³/mol. The van der Waals surface area contributed by atoms with Crippen molar-refractivity contribution < 1.29 is 14.6 Å². The molecule has 6 heteroatoms. The first-order chi connectivity index (χ1) is 8.99. The molecule has 0 atom stereocenters. The molecule has 0 heterocycles. The first-order valence-corrected chi connectivity index (χ1v) is 5.99. The van der Waals surface area contributed by atoms with Crippen molar-refractivity contribution in [3.63, 3.8) is 0 Å². The summed E-state index contributed by atoms with van der Waals surface area (Å²) in [5, 5.41) is 8.75. The number of nitrogen functional groups attached to an aromatic ring is 1. The van der Waals surface area contributed by atoms with Crippen LogP contribution in [0.2, 0.25) is 0 Å². The zero-order valence-corrected chi connectivity index (χ0v) is 11.6. The van der Waals surface area contributed by atoms with E-state index in [4.69, 9.17) is 15.6 Å². The molecule has 3 N–H and O–H groups in total. The first kappa shape index (κ1) is 15.1. The molecule has 1 amide bonds. The van der Waals surface area contributed by atoms with Crippen molar-refractivity contribution >= 4 is 17.3 Å². The quantitative estimate of drug-likeness (QED) is 0.718. The van der Waals surface area contributed by atoms with Gasteiger partial charge >= 0.3 is 0 Å². The maximum atomic E-state index is 11.2. The second-order valence-electron chi connectivity index (χ2n) is 4.32. The third-order valence-electron chi connectivity index (χ3n) is 2.99. The van der Waals surface area contributed by atoms with Gasteiger partial charge < -0.3 is 25.4 Å². The van der Waals surface area contributed by atoms with E-state index in [1.807, 2.05) is 24.1 Å². The Labute approximate surface area is 113 Å². The summed E-state index contributed by atoms with van der Waals surface area (Å²) in [5.41, 5.74) is 7.30. The smallest absolute Gasteiger partial charge is 0.248 e. The van der Waals surface area contributed by atoms with Gasteiger partial charge in [0.05, 0.1) is 12.8 Å². The molecule has 0 bridgehead atoms. The molecule has 0 aromatic heterocycles. The van der Waals surface area contributed by atoms with Gasteiger partial charge in [0, 0.05) is 38.9 Å². The summed E-state index contributed by atoms with van der Waals surface area (Å²) in [6.45, 7) is 0.716. The number of amides is 1. The van der Waals surface area contributed by atoms with Crippen LogP contribution in [0.1, 0.15) is 0 Å². The van der Waals surface area contributed by atoms with Crippen LogP contribution in [0.25, 0.3) is 0 Å². The van der Waals surface area contributed by atoms with Crippen LogP contribution in [-0.4, -0.2) is 56.8 Å². The number of benzene rings is 1.